The predicted octanol–water partition coefficient (Wildman–Crippen LogP) is 4.25. The summed E-state index contributed by atoms with van der Waals surface area (Å²) < 4.78 is 39.2. The van der Waals surface area contributed by atoms with Gasteiger partial charge >= 0.3 is 6.18 Å². The van der Waals surface area contributed by atoms with Gasteiger partial charge in [0.15, 0.2) is 0 Å². The number of rotatable bonds is 5. The lowest BCUT2D eigenvalue weighted by Gasteiger charge is -2.12. The van der Waals surface area contributed by atoms with Crippen LogP contribution in [0.15, 0.2) is 24.3 Å². The van der Waals surface area contributed by atoms with Gasteiger partial charge in [-0.25, -0.2) is 0 Å². The van der Waals surface area contributed by atoms with Gasteiger partial charge in [-0.15, -0.1) is 10.2 Å². The zero-order valence-electron chi connectivity index (χ0n) is 12.9. The van der Waals surface area contributed by atoms with Crippen molar-refractivity contribution in [2.45, 2.75) is 38.3 Å². The van der Waals surface area contributed by atoms with Gasteiger partial charge in [0, 0.05) is 12.3 Å². The fourth-order valence-corrected chi connectivity index (χ4v) is 3.57. The van der Waals surface area contributed by atoms with Crippen molar-refractivity contribution in [2.24, 2.45) is 5.92 Å². The summed E-state index contributed by atoms with van der Waals surface area (Å²) in [7, 11) is 0. The lowest BCUT2D eigenvalue weighted by molar-refractivity contribution is -0.138. The molecule has 2 atom stereocenters. The van der Waals surface area contributed by atoms with Crippen LogP contribution < -0.4 is 5.32 Å². The second kappa shape index (κ2) is 6.51. The third-order valence-corrected chi connectivity index (χ3v) is 4.85. The van der Waals surface area contributed by atoms with Gasteiger partial charge in [0.25, 0.3) is 0 Å². The zero-order chi connectivity index (χ0) is 17.3. The Bertz CT molecular complexity index is 744. The molecule has 1 fully saturated rings. The molecule has 8 heteroatoms. The monoisotopic (exact) mass is 355 g/mol. The lowest BCUT2D eigenvalue weighted by Crippen LogP contribution is -2.15. The Balaban J connectivity index is 1.68. The second-order valence-corrected chi connectivity index (χ2v) is 6.84. The van der Waals surface area contributed by atoms with Gasteiger partial charge < -0.3 is 5.32 Å². The molecule has 1 heterocycles. The Morgan fingerprint density at radius 3 is 2.79 bits per heavy atom. The topological polar surface area (TPSA) is 54.9 Å². The number of anilines is 1. The Morgan fingerprint density at radius 1 is 1.33 bits per heavy atom. The highest BCUT2D eigenvalue weighted by Gasteiger charge is 2.48. The van der Waals surface area contributed by atoms with E-state index in [9.17, 15) is 18.0 Å². The standard InChI is InChI=1S/C16H16F3N3OS/c1-2-5-13-21-22-15(24-13)20-14(23)11-8-10(11)9-6-3-4-7-12(9)16(17,18)19/h3-4,6-7,10-11H,2,5,8H2,1H3,(H,20,22,23). The molecule has 128 valence electrons. The molecule has 1 aliphatic rings. The van der Waals surface area contributed by atoms with Crippen LogP contribution in [0.5, 0.6) is 0 Å². The number of alkyl halides is 3. The van der Waals surface area contributed by atoms with Crippen molar-refractivity contribution in [3.05, 3.63) is 40.4 Å². The fraction of sp³-hybridized carbons (Fsp3) is 0.438. The molecule has 1 aliphatic carbocycles. The summed E-state index contributed by atoms with van der Waals surface area (Å²) in [6.07, 6.45) is -2.27. The van der Waals surface area contributed by atoms with Gasteiger partial charge in [-0.3, -0.25) is 4.79 Å². The summed E-state index contributed by atoms with van der Waals surface area (Å²) >= 11 is 1.30. The number of halogens is 3. The molecule has 0 saturated heterocycles. The fourth-order valence-electron chi connectivity index (χ4n) is 2.72. The molecular formula is C16H16F3N3OS. The maximum absolute atomic E-state index is 13.1. The van der Waals surface area contributed by atoms with E-state index in [0.29, 0.717) is 11.6 Å². The Labute approximate surface area is 141 Å². The van der Waals surface area contributed by atoms with Gasteiger partial charge in [0.1, 0.15) is 5.01 Å². The summed E-state index contributed by atoms with van der Waals surface area (Å²) in [5, 5.41) is 11.8. The van der Waals surface area contributed by atoms with Crippen LogP contribution in [0, 0.1) is 5.92 Å². The molecule has 0 aliphatic heterocycles. The van der Waals surface area contributed by atoms with Gasteiger partial charge in [-0.2, -0.15) is 13.2 Å². The number of carbonyl (C=O) groups is 1. The molecule has 3 rings (SSSR count). The van der Waals surface area contributed by atoms with E-state index in [2.05, 4.69) is 15.5 Å². The van der Waals surface area contributed by atoms with Crippen LogP contribution in [-0.4, -0.2) is 16.1 Å². The first kappa shape index (κ1) is 16.9. The van der Waals surface area contributed by atoms with Crippen LogP contribution in [0.3, 0.4) is 0 Å². The molecule has 2 unspecified atom stereocenters. The van der Waals surface area contributed by atoms with E-state index in [0.717, 1.165) is 23.9 Å². The highest BCUT2D eigenvalue weighted by Crippen LogP contribution is 2.51. The minimum atomic E-state index is -4.41. The van der Waals surface area contributed by atoms with Crippen molar-refractivity contribution in [2.75, 3.05) is 5.32 Å². The van der Waals surface area contributed by atoms with Crippen LogP contribution >= 0.6 is 11.3 Å². The number of aromatic nitrogens is 2. The second-order valence-electron chi connectivity index (χ2n) is 5.77. The van der Waals surface area contributed by atoms with Crippen LogP contribution in [0.25, 0.3) is 0 Å². The van der Waals surface area contributed by atoms with E-state index in [4.69, 9.17) is 0 Å². The summed E-state index contributed by atoms with van der Waals surface area (Å²) in [6.45, 7) is 2.02. The smallest absolute Gasteiger partial charge is 0.300 e. The molecule has 1 N–H and O–H groups in total. The van der Waals surface area contributed by atoms with E-state index in [1.807, 2.05) is 6.92 Å². The summed E-state index contributed by atoms with van der Waals surface area (Å²) in [6, 6.07) is 5.44. The van der Waals surface area contributed by atoms with Crippen LogP contribution in [0.2, 0.25) is 0 Å². The molecule has 0 radical (unpaired) electrons. The van der Waals surface area contributed by atoms with Gasteiger partial charge in [0.2, 0.25) is 11.0 Å². The highest BCUT2D eigenvalue weighted by atomic mass is 32.1. The van der Waals surface area contributed by atoms with Crippen molar-refractivity contribution in [3.63, 3.8) is 0 Å². The Morgan fingerprint density at radius 2 is 2.08 bits per heavy atom. The van der Waals surface area contributed by atoms with Crippen molar-refractivity contribution in [1.29, 1.82) is 0 Å². The number of nitrogens with one attached hydrogen (secondary N) is 1. The molecule has 1 aromatic carbocycles. The van der Waals surface area contributed by atoms with Crippen molar-refractivity contribution < 1.29 is 18.0 Å². The quantitative estimate of drug-likeness (QED) is 0.872. The third kappa shape index (κ3) is 3.58. The third-order valence-electron chi connectivity index (χ3n) is 3.95. The molecule has 0 spiro atoms. The number of amides is 1. The van der Waals surface area contributed by atoms with E-state index < -0.39 is 23.6 Å². The lowest BCUT2D eigenvalue weighted by atomic mass is 10.0. The first-order valence-corrected chi connectivity index (χ1v) is 8.51. The number of nitrogens with zero attached hydrogens (tertiary/aromatic N) is 2. The Kier molecular flexibility index (Phi) is 4.58. The number of hydrogen-bond donors (Lipinski definition) is 1. The summed E-state index contributed by atoms with van der Waals surface area (Å²) in [5.41, 5.74) is -0.472. The van der Waals surface area contributed by atoms with E-state index in [1.54, 1.807) is 6.07 Å². The largest absolute Gasteiger partial charge is 0.416 e. The molecule has 24 heavy (non-hydrogen) atoms. The maximum atomic E-state index is 13.1. The maximum Gasteiger partial charge on any atom is 0.416 e. The van der Waals surface area contributed by atoms with E-state index in [1.165, 1.54) is 23.5 Å². The van der Waals surface area contributed by atoms with Crippen LogP contribution in [-0.2, 0) is 17.4 Å². The normalized spacial score (nSPS) is 20.0. The molecule has 1 saturated carbocycles. The average Bonchev–Trinajstić information content (AvgIpc) is 3.22. The minimum Gasteiger partial charge on any atom is -0.300 e. The summed E-state index contributed by atoms with van der Waals surface area (Å²) in [5.74, 6) is -1.14. The van der Waals surface area contributed by atoms with Crippen molar-refractivity contribution in [3.8, 4) is 0 Å². The highest BCUT2D eigenvalue weighted by molar-refractivity contribution is 7.15. The minimum absolute atomic E-state index is 0.189. The van der Waals surface area contributed by atoms with Crippen molar-refractivity contribution >= 4 is 22.4 Å². The molecular weight excluding hydrogens is 339 g/mol. The first-order valence-electron chi connectivity index (χ1n) is 7.69. The number of benzene rings is 1. The number of carbonyl (C=O) groups excluding carboxylic acids is 1. The molecule has 0 bridgehead atoms. The number of aryl methyl sites for hydroxylation is 1. The van der Waals surface area contributed by atoms with E-state index >= 15 is 0 Å². The molecule has 1 aromatic heterocycles. The zero-order valence-corrected chi connectivity index (χ0v) is 13.7. The SMILES string of the molecule is CCCc1nnc(NC(=O)C2CC2c2ccccc2C(F)(F)F)s1. The van der Waals surface area contributed by atoms with Crippen LogP contribution in [0.4, 0.5) is 18.3 Å². The summed E-state index contributed by atoms with van der Waals surface area (Å²) in [4.78, 5) is 12.2. The van der Waals surface area contributed by atoms with Crippen molar-refractivity contribution in [1.82, 2.24) is 10.2 Å². The van der Waals surface area contributed by atoms with Gasteiger partial charge in [-0.05, 0) is 30.4 Å². The first-order chi connectivity index (χ1) is 11.4. The van der Waals surface area contributed by atoms with Gasteiger partial charge in [-0.1, -0.05) is 36.5 Å². The predicted molar refractivity (Wildman–Crippen MR) is 84.8 cm³/mol. The molecule has 2 aromatic rings. The number of hydrogen-bond acceptors (Lipinski definition) is 4. The molecule has 1 amide bonds. The van der Waals surface area contributed by atoms with Gasteiger partial charge in [0.05, 0.1) is 5.56 Å². The van der Waals surface area contributed by atoms with Crippen LogP contribution in [0.1, 0.15) is 41.8 Å². The molecule has 4 nitrogen and oxygen atoms in total. The van der Waals surface area contributed by atoms with E-state index in [-0.39, 0.29) is 11.5 Å². The average molecular weight is 355 g/mol. The Hall–Kier alpha value is -1.96.